The molecule has 0 bridgehead atoms. The van der Waals surface area contributed by atoms with Gasteiger partial charge in [-0.05, 0) is 5.92 Å². The van der Waals surface area contributed by atoms with Crippen molar-refractivity contribution in [3.8, 4) is 0 Å². The fourth-order valence-electron chi connectivity index (χ4n) is 0.722. The predicted octanol–water partition coefficient (Wildman–Crippen LogP) is 0.596. The van der Waals surface area contributed by atoms with Crippen LogP contribution in [0.3, 0.4) is 0 Å². The number of nitrogens with zero attached hydrogens (tertiary/aromatic N) is 1. The van der Waals surface area contributed by atoms with E-state index in [-0.39, 0.29) is 17.9 Å². The first-order chi connectivity index (χ1) is 4.22. The third-order valence-corrected chi connectivity index (χ3v) is 1.24. The number of aliphatic imine (C=N–C) groups is 1. The first-order valence-electron chi connectivity index (χ1n) is 2.93. The summed E-state index contributed by atoms with van der Waals surface area (Å²) in [5.41, 5.74) is 0. The van der Waals surface area contributed by atoms with Gasteiger partial charge in [0.2, 0.25) is 0 Å². The Morgan fingerprint density at radius 3 is 2.67 bits per heavy atom. The molecular formula is C6H9NO2. The standard InChI is InChI=1S/C6H9NO2/c1-4(2)5-6(8)7-3-9-5/h3-5H,1-2H3/t5-/m0/s1. The molecule has 1 amide bonds. The fourth-order valence-corrected chi connectivity index (χ4v) is 0.722. The Morgan fingerprint density at radius 1 is 1.78 bits per heavy atom. The van der Waals surface area contributed by atoms with Gasteiger partial charge in [-0.15, -0.1) is 0 Å². The van der Waals surface area contributed by atoms with Crippen molar-refractivity contribution in [3.63, 3.8) is 0 Å². The van der Waals surface area contributed by atoms with E-state index in [9.17, 15) is 4.79 Å². The Kier molecular flexibility index (Phi) is 1.51. The molecular weight excluding hydrogens is 118 g/mol. The zero-order chi connectivity index (χ0) is 6.85. The lowest BCUT2D eigenvalue weighted by Gasteiger charge is -2.09. The first-order valence-corrected chi connectivity index (χ1v) is 2.93. The predicted molar refractivity (Wildman–Crippen MR) is 33.2 cm³/mol. The van der Waals surface area contributed by atoms with Crippen LogP contribution < -0.4 is 0 Å². The van der Waals surface area contributed by atoms with E-state index in [1.165, 1.54) is 6.40 Å². The van der Waals surface area contributed by atoms with Gasteiger partial charge in [-0.3, -0.25) is 4.79 Å². The summed E-state index contributed by atoms with van der Waals surface area (Å²) in [7, 11) is 0. The van der Waals surface area contributed by atoms with Crippen LogP contribution in [0.25, 0.3) is 0 Å². The van der Waals surface area contributed by atoms with Gasteiger partial charge in [-0.25, -0.2) is 0 Å². The monoisotopic (exact) mass is 127 g/mol. The SMILES string of the molecule is CC(C)[C@@H]1OC=NC1=O. The molecule has 3 nitrogen and oxygen atoms in total. The Hall–Kier alpha value is -0.860. The third-order valence-electron chi connectivity index (χ3n) is 1.24. The number of hydrogen-bond acceptors (Lipinski definition) is 2. The Morgan fingerprint density at radius 2 is 2.44 bits per heavy atom. The minimum Gasteiger partial charge on any atom is -0.470 e. The molecule has 1 rings (SSSR count). The summed E-state index contributed by atoms with van der Waals surface area (Å²) in [6.45, 7) is 3.86. The van der Waals surface area contributed by atoms with Crippen molar-refractivity contribution in [2.24, 2.45) is 10.9 Å². The molecule has 0 spiro atoms. The first kappa shape index (κ1) is 6.26. The molecule has 0 N–H and O–H groups in total. The van der Waals surface area contributed by atoms with Crippen molar-refractivity contribution in [2.45, 2.75) is 20.0 Å². The van der Waals surface area contributed by atoms with Crippen molar-refractivity contribution < 1.29 is 9.53 Å². The molecule has 0 saturated heterocycles. The quantitative estimate of drug-likeness (QED) is 0.517. The van der Waals surface area contributed by atoms with Gasteiger partial charge < -0.3 is 4.74 Å². The Labute approximate surface area is 53.7 Å². The number of hydrogen-bond donors (Lipinski definition) is 0. The highest BCUT2D eigenvalue weighted by Gasteiger charge is 2.25. The number of amides is 1. The molecule has 3 heteroatoms. The molecule has 0 aliphatic carbocycles. The second-order valence-corrected chi connectivity index (χ2v) is 2.37. The van der Waals surface area contributed by atoms with E-state index < -0.39 is 0 Å². The molecule has 0 aromatic carbocycles. The lowest BCUT2D eigenvalue weighted by molar-refractivity contribution is -0.124. The van der Waals surface area contributed by atoms with Crippen molar-refractivity contribution in [1.29, 1.82) is 0 Å². The van der Waals surface area contributed by atoms with Crippen LogP contribution in [-0.4, -0.2) is 18.4 Å². The van der Waals surface area contributed by atoms with E-state index in [4.69, 9.17) is 4.74 Å². The van der Waals surface area contributed by atoms with Gasteiger partial charge in [0, 0.05) is 0 Å². The van der Waals surface area contributed by atoms with Crippen molar-refractivity contribution in [2.75, 3.05) is 0 Å². The van der Waals surface area contributed by atoms with Crippen LogP contribution >= 0.6 is 0 Å². The highest BCUT2D eigenvalue weighted by molar-refractivity contribution is 5.91. The van der Waals surface area contributed by atoms with E-state index in [0.717, 1.165) is 0 Å². The van der Waals surface area contributed by atoms with Gasteiger partial charge in [-0.2, -0.15) is 4.99 Å². The van der Waals surface area contributed by atoms with Crippen molar-refractivity contribution >= 4 is 12.3 Å². The topological polar surface area (TPSA) is 38.7 Å². The number of ether oxygens (including phenoxy) is 1. The fraction of sp³-hybridized carbons (Fsp3) is 0.667. The number of carbonyl (C=O) groups excluding carboxylic acids is 1. The maximum atomic E-state index is 10.7. The second-order valence-electron chi connectivity index (χ2n) is 2.37. The van der Waals surface area contributed by atoms with Gasteiger partial charge in [0.05, 0.1) is 0 Å². The molecule has 0 unspecified atom stereocenters. The molecule has 1 heterocycles. The normalized spacial score (nSPS) is 25.2. The van der Waals surface area contributed by atoms with Crippen LogP contribution in [0.15, 0.2) is 4.99 Å². The highest BCUT2D eigenvalue weighted by atomic mass is 16.5. The van der Waals surface area contributed by atoms with Gasteiger partial charge in [0.15, 0.2) is 12.5 Å². The minimum atomic E-state index is -0.329. The summed E-state index contributed by atoms with van der Waals surface area (Å²) < 4.78 is 4.89. The molecule has 0 fully saturated rings. The maximum absolute atomic E-state index is 10.7. The molecule has 1 aliphatic rings. The summed E-state index contributed by atoms with van der Waals surface area (Å²) in [4.78, 5) is 14.1. The van der Waals surface area contributed by atoms with Crippen LogP contribution in [0.5, 0.6) is 0 Å². The summed E-state index contributed by atoms with van der Waals surface area (Å²) >= 11 is 0. The zero-order valence-corrected chi connectivity index (χ0v) is 5.50. The number of carbonyl (C=O) groups is 1. The largest absolute Gasteiger partial charge is 0.470 e. The molecule has 1 atom stereocenters. The van der Waals surface area contributed by atoms with Crippen LogP contribution in [0.4, 0.5) is 0 Å². The van der Waals surface area contributed by atoms with Gasteiger partial charge >= 0.3 is 0 Å². The average molecular weight is 127 g/mol. The molecule has 50 valence electrons. The minimum absolute atomic E-state index is 0.162. The number of rotatable bonds is 1. The lowest BCUT2D eigenvalue weighted by atomic mass is 10.1. The smallest absolute Gasteiger partial charge is 0.289 e. The Balaban J connectivity index is 2.56. The summed E-state index contributed by atoms with van der Waals surface area (Å²) in [6.07, 6.45) is 0.887. The molecule has 1 aliphatic heterocycles. The third kappa shape index (κ3) is 1.09. The van der Waals surface area contributed by atoms with Crippen LogP contribution in [-0.2, 0) is 9.53 Å². The molecule has 0 saturated carbocycles. The zero-order valence-electron chi connectivity index (χ0n) is 5.50. The van der Waals surface area contributed by atoms with Crippen molar-refractivity contribution in [3.05, 3.63) is 0 Å². The van der Waals surface area contributed by atoms with E-state index >= 15 is 0 Å². The van der Waals surface area contributed by atoms with Crippen LogP contribution in [0.1, 0.15) is 13.8 Å². The maximum Gasteiger partial charge on any atom is 0.289 e. The van der Waals surface area contributed by atoms with E-state index in [1.54, 1.807) is 0 Å². The Bertz CT molecular complexity index is 151. The highest BCUT2D eigenvalue weighted by Crippen LogP contribution is 2.10. The van der Waals surface area contributed by atoms with Gasteiger partial charge in [-0.1, -0.05) is 13.8 Å². The van der Waals surface area contributed by atoms with Crippen LogP contribution in [0.2, 0.25) is 0 Å². The van der Waals surface area contributed by atoms with Gasteiger partial charge in [0.25, 0.3) is 5.91 Å². The van der Waals surface area contributed by atoms with Crippen LogP contribution in [0, 0.1) is 5.92 Å². The van der Waals surface area contributed by atoms with Crippen molar-refractivity contribution in [1.82, 2.24) is 0 Å². The molecule has 0 radical (unpaired) electrons. The van der Waals surface area contributed by atoms with E-state index in [1.807, 2.05) is 13.8 Å². The summed E-state index contributed by atoms with van der Waals surface area (Å²) in [5, 5.41) is 0. The summed E-state index contributed by atoms with van der Waals surface area (Å²) in [6, 6.07) is 0. The molecule has 0 aromatic rings. The van der Waals surface area contributed by atoms with E-state index in [2.05, 4.69) is 4.99 Å². The summed E-state index contributed by atoms with van der Waals surface area (Å²) in [5.74, 6) is 0.0602. The average Bonchev–Trinajstić information content (AvgIpc) is 2.13. The molecule has 0 aromatic heterocycles. The lowest BCUT2D eigenvalue weighted by Crippen LogP contribution is -2.22. The van der Waals surface area contributed by atoms with Gasteiger partial charge in [0.1, 0.15) is 0 Å². The second kappa shape index (κ2) is 2.17. The molecule has 9 heavy (non-hydrogen) atoms. The van der Waals surface area contributed by atoms with E-state index in [0.29, 0.717) is 0 Å².